The van der Waals surface area contributed by atoms with Crippen LogP contribution in [0.4, 0.5) is 0 Å². The third-order valence-electron chi connectivity index (χ3n) is 2.82. The van der Waals surface area contributed by atoms with E-state index in [1.165, 1.54) is 0 Å². The molecule has 0 aliphatic heterocycles. The molecule has 20 heavy (non-hydrogen) atoms. The lowest BCUT2D eigenvalue weighted by molar-refractivity contribution is -0.132. The Labute approximate surface area is 120 Å². The minimum Gasteiger partial charge on any atom is -0.383 e. The van der Waals surface area contributed by atoms with E-state index in [0.29, 0.717) is 24.0 Å². The second-order valence-electron chi connectivity index (χ2n) is 5.15. The lowest BCUT2D eigenvalue weighted by Crippen LogP contribution is -2.23. The van der Waals surface area contributed by atoms with E-state index in [4.69, 9.17) is 0 Å². The SMILES string of the molecule is CN(C)/C=C/C=C1CCC(=C/C=C/N(C)C)C(=O)C1=O. The minimum absolute atomic E-state index is 0.385. The van der Waals surface area contributed by atoms with E-state index in [9.17, 15) is 9.59 Å². The van der Waals surface area contributed by atoms with Crippen LogP contribution in [0.25, 0.3) is 0 Å². The molecule has 0 aromatic rings. The standard InChI is InChI=1S/C16H22N2O2/c1-17(2)11-5-7-13-9-10-14(16(20)15(13)19)8-6-12-18(3)4/h5-8,11-12H,9-10H2,1-4H3/b11-5+,12-6+,13-7?,14-8?. The Hall–Kier alpha value is -2.10. The van der Waals surface area contributed by atoms with Crippen molar-refractivity contribution in [1.82, 2.24) is 9.80 Å². The third kappa shape index (κ3) is 4.88. The van der Waals surface area contributed by atoms with Gasteiger partial charge in [0.2, 0.25) is 11.6 Å². The lowest BCUT2D eigenvalue weighted by Gasteiger charge is -2.14. The Balaban J connectivity index is 2.77. The number of nitrogens with zero attached hydrogens (tertiary/aromatic N) is 2. The van der Waals surface area contributed by atoms with Gasteiger partial charge in [-0.3, -0.25) is 9.59 Å². The summed E-state index contributed by atoms with van der Waals surface area (Å²) in [7, 11) is 7.61. The fraction of sp³-hybridized carbons (Fsp3) is 0.375. The molecular formula is C16H22N2O2. The number of hydrogen-bond acceptors (Lipinski definition) is 4. The molecule has 1 fully saturated rings. The van der Waals surface area contributed by atoms with E-state index in [-0.39, 0.29) is 11.6 Å². The first-order chi connectivity index (χ1) is 9.41. The summed E-state index contributed by atoms with van der Waals surface area (Å²) in [4.78, 5) is 27.7. The molecule has 0 amide bonds. The van der Waals surface area contributed by atoms with Gasteiger partial charge in [-0.2, -0.15) is 0 Å². The van der Waals surface area contributed by atoms with Crippen LogP contribution in [0, 0.1) is 0 Å². The Morgan fingerprint density at radius 1 is 0.750 bits per heavy atom. The molecule has 1 aliphatic carbocycles. The van der Waals surface area contributed by atoms with Gasteiger partial charge in [0.05, 0.1) is 0 Å². The normalized spacial score (nSPS) is 20.6. The second-order valence-corrected chi connectivity index (χ2v) is 5.15. The summed E-state index contributed by atoms with van der Waals surface area (Å²) in [5.41, 5.74) is 1.17. The van der Waals surface area contributed by atoms with Crippen LogP contribution >= 0.6 is 0 Å². The van der Waals surface area contributed by atoms with Crippen molar-refractivity contribution < 1.29 is 9.59 Å². The van der Waals surface area contributed by atoms with Crippen LogP contribution in [-0.2, 0) is 9.59 Å². The number of ketones is 2. The van der Waals surface area contributed by atoms with Gasteiger partial charge in [0, 0.05) is 39.3 Å². The highest BCUT2D eigenvalue weighted by Gasteiger charge is 2.27. The van der Waals surface area contributed by atoms with Crippen molar-refractivity contribution in [3.05, 3.63) is 47.9 Å². The molecule has 4 nitrogen and oxygen atoms in total. The summed E-state index contributed by atoms with van der Waals surface area (Å²) in [5, 5.41) is 0. The number of hydrogen-bond donors (Lipinski definition) is 0. The summed E-state index contributed by atoms with van der Waals surface area (Å²) < 4.78 is 0. The molecule has 0 aromatic heterocycles. The number of carbonyl (C=O) groups is 2. The molecule has 0 N–H and O–H groups in total. The van der Waals surface area contributed by atoms with Gasteiger partial charge in [0.25, 0.3) is 0 Å². The highest BCUT2D eigenvalue weighted by molar-refractivity contribution is 6.49. The first kappa shape index (κ1) is 16.0. The predicted octanol–water partition coefficient (Wildman–Crippen LogP) is 1.92. The number of Topliss-reactive ketones (excluding diaryl/α,β-unsaturated/α-hetero) is 2. The maximum absolute atomic E-state index is 12.0. The number of allylic oxidation sites excluding steroid dienone is 6. The van der Waals surface area contributed by atoms with Gasteiger partial charge in [0.1, 0.15) is 0 Å². The Morgan fingerprint density at radius 2 is 1.10 bits per heavy atom. The summed E-state index contributed by atoms with van der Waals surface area (Å²) >= 11 is 0. The fourth-order valence-electron chi connectivity index (χ4n) is 1.77. The Kier molecular flexibility index (Phi) is 5.97. The second kappa shape index (κ2) is 7.48. The predicted molar refractivity (Wildman–Crippen MR) is 81.1 cm³/mol. The quantitative estimate of drug-likeness (QED) is 0.580. The first-order valence-corrected chi connectivity index (χ1v) is 6.58. The van der Waals surface area contributed by atoms with Gasteiger partial charge in [-0.1, -0.05) is 12.2 Å². The summed E-state index contributed by atoms with van der Waals surface area (Å²) in [6.07, 6.45) is 12.0. The molecule has 0 aromatic carbocycles. The highest BCUT2D eigenvalue weighted by atomic mass is 16.2. The average Bonchev–Trinajstić information content (AvgIpc) is 2.36. The Bertz CT molecular complexity index is 449. The van der Waals surface area contributed by atoms with Crippen molar-refractivity contribution in [2.45, 2.75) is 12.8 Å². The summed E-state index contributed by atoms with van der Waals surface area (Å²) in [6.45, 7) is 0. The van der Waals surface area contributed by atoms with E-state index in [2.05, 4.69) is 0 Å². The lowest BCUT2D eigenvalue weighted by atomic mass is 9.87. The van der Waals surface area contributed by atoms with Crippen LogP contribution in [0.15, 0.2) is 47.9 Å². The van der Waals surface area contributed by atoms with Gasteiger partial charge in [0.15, 0.2) is 0 Å². The molecule has 0 radical (unpaired) electrons. The molecule has 1 rings (SSSR count). The van der Waals surface area contributed by atoms with Crippen molar-refractivity contribution >= 4 is 11.6 Å². The zero-order valence-corrected chi connectivity index (χ0v) is 12.6. The summed E-state index contributed by atoms with van der Waals surface area (Å²) in [5.74, 6) is -0.770. The van der Waals surface area contributed by atoms with E-state index >= 15 is 0 Å². The highest BCUT2D eigenvalue weighted by Crippen LogP contribution is 2.22. The minimum atomic E-state index is -0.385. The topological polar surface area (TPSA) is 40.6 Å². The molecule has 0 heterocycles. The maximum Gasteiger partial charge on any atom is 0.229 e. The van der Waals surface area contributed by atoms with Crippen molar-refractivity contribution in [2.24, 2.45) is 0 Å². The van der Waals surface area contributed by atoms with Crippen LogP contribution in [0.5, 0.6) is 0 Å². The van der Waals surface area contributed by atoms with Gasteiger partial charge in [-0.05, 0) is 37.4 Å². The largest absolute Gasteiger partial charge is 0.383 e. The van der Waals surface area contributed by atoms with Crippen molar-refractivity contribution in [3.8, 4) is 0 Å². The smallest absolute Gasteiger partial charge is 0.229 e. The van der Waals surface area contributed by atoms with Crippen molar-refractivity contribution in [3.63, 3.8) is 0 Å². The maximum atomic E-state index is 12.0. The molecule has 1 saturated carbocycles. The Morgan fingerprint density at radius 3 is 1.40 bits per heavy atom. The molecule has 0 saturated heterocycles. The van der Waals surface area contributed by atoms with E-state index in [0.717, 1.165) is 0 Å². The molecule has 4 heteroatoms. The zero-order valence-electron chi connectivity index (χ0n) is 12.6. The number of rotatable bonds is 4. The molecule has 0 spiro atoms. The molecule has 0 atom stereocenters. The average molecular weight is 274 g/mol. The van der Waals surface area contributed by atoms with Crippen LogP contribution < -0.4 is 0 Å². The van der Waals surface area contributed by atoms with Crippen LogP contribution in [0.3, 0.4) is 0 Å². The van der Waals surface area contributed by atoms with E-state index in [1.54, 1.807) is 24.3 Å². The monoisotopic (exact) mass is 274 g/mol. The zero-order chi connectivity index (χ0) is 15.1. The van der Waals surface area contributed by atoms with E-state index in [1.807, 2.05) is 50.4 Å². The van der Waals surface area contributed by atoms with Gasteiger partial charge in [-0.15, -0.1) is 0 Å². The van der Waals surface area contributed by atoms with E-state index < -0.39 is 0 Å². The van der Waals surface area contributed by atoms with Gasteiger partial charge in [-0.25, -0.2) is 0 Å². The molecular weight excluding hydrogens is 252 g/mol. The van der Waals surface area contributed by atoms with Gasteiger partial charge < -0.3 is 9.80 Å². The third-order valence-corrected chi connectivity index (χ3v) is 2.82. The molecule has 0 unspecified atom stereocenters. The van der Waals surface area contributed by atoms with Crippen LogP contribution in [0.1, 0.15) is 12.8 Å². The van der Waals surface area contributed by atoms with Crippen LogP contribution in [0.2, 0.25) is 0 Å². The fourth-order valence-corrected chi connectivity index (χ4v) is 1.77. The molecule has 0 bridgehead atoms. The summed E-state index contributed by atoms with van der Waals surface area (Å²) in [6, 6.07) is 0. The van der Waals surface area contributed by atoms with Gasteiger partial charge >= 0.3 is 0 Å². The van der Waals surface area contributed by atoms with Crippen molar-refractivity contribution in [2.75, 3.05) is 28.2 Å². The number of carbonyl (C=O) groups excluding carboxylic acids is 2. The van der Waals surface area contributed by atoms with Crippen LogP contribution in [-0.4, -0.2) is 49.6 Å². The molecule has 1 aliphatic rings. The molecule has 108 valence electrons. The first-order valence-electron chi connectivity index (χ1n) is 6.58. The van der Waals surface area contributed by atoms with Crippen molar-refractivity contribution in [1.29, 1.82) is 0 Å².